The molecule has 0 spiro atoms. The molecule has 5 heteroatoms. The highest BCUT2D eigenvalue weighted by atomic mass is 19.1. The van der Waals surface area contributed by atoms with Crippen LogP contribution >= 0.6 is 0 Å². The second-order valence-corrected chi connectivity index (χ2v) is 7.26. The second kappa shape index (κ2) is 9.62. The minimum atomic E-state index is -0.661. The van der Waals surface area contributed by atoms with E-state index < -0.39 is 6.04 Å². The first-order valence-electron chi connectivity index (χ1n) is 9.63. The SMILES string of the molecule is C=CCC1CC(OCc2ccccc2)CN1C(=O)C(N)Cc1ccc(F)cc1. The Morgan fingerprint density at radius 1 is 1.21 bits per heavy atom. The lowest BCUT2D eigenvalue weighted by atomic mass is 10.0. The number of halogens is 1. The van der Waals surface area contributed by atoms with Crippen LogP contribution in [-0.4, -0.2) is 35.5 Å². The lowest BCUT2D eigenvalue weighted by Crippen LogP contribution is -2.47. The molecule has 1 aliphatic heterocycles. The summed E-state index contributed by atoms with van der Waals surface area (Å²) in [7, 11) is 0. The average molecular weight is 382 g/mol. The third kappa shape index (κ3) is 5.27. The molecule has 2 aromatic rings. The van der Waals surface area contributed by atoms with Crippen LogP contribution in [0.25, 0.3) is 0 Å². The number of hydrogen-bond acceptors (Lipinski definition) is 3. The summed E-state index contributed by atoms with van der Waals surface area (Å²) in [6, 6.07) is 15.5. The van der Waals surface area contributed by atoms with E-state index in [4.69, 9.17) is 10.5 Å². The summed E-state index contributed by atoms with van der Waals surface area (Å²) in [6.45, 7) is 4.86. The number of nitrogens with zero attached hydrogens (tertiary/aromatic N) is 1. The Bertz CT molecular complexity index is 779. The van der Waals surface area contributed by atoms with E-state index in [0.29, 0.717) is 26.0 Å². The van der Waals surface area contributed by atoms with Crippen LogP contribution in [0.4, 0.5) is 4.39 Å². The van der Waals surface area contributed by atoms with E-state index in [9.17, 15) is 9.18 Å². The zero-order valence-corrected chi connectivity index (χ0v) is 16.0. The normalized spacial score (nSPS) is 20.1. The van der Waals surface area contributed by atoms with Crippen LogP contribution in [0.15, 0.2) is 67.3 Å². The lowest BCUT2D eigenvalue weighted by Gasteiger charge is -2.26. The molecule has 148 valence electrons. The van der Waals surface area contributed by atoms with Gasteiger partial charge >= 0.3 is 0 Å². The summed E-state index contributed by atoms with van der Waals surface area (Å²) in [5.74, 6) is -0.394. The summed E-state index contributed by atoms with van der Waals surface area (Å²) in [5, 5.41) is 0. The van der Waals surface area contributed by atoms with Crippen LogP contribution in [0.3, 0.4) is 0 Å². The molecule has 3 atom stereocenters. The number of benzene rings is 2. The Morgan fingerprint density at radius 3 is 2.61 bits per heavy atom. The molecule has 3 unspecified atom stereocenters. The molecular weight excluding hydrogens is 355 g/mol. The number of amides is 1. The molecule has 0 aliphatic carbocycles. The topological polar surface area (TPSA) is 55.6 Å². The van der Waals surface area contributed by atoms with Crippen molar-refractivity contribution in [2.75, 3.05) is 6.54 Å². The van der Waals surface area contributed by atoms with Crippen LogP contribution in [0.1, 0.15) is 24.0 Å². The predicted molar refractivity (Wildman–Crippen MR) is 108 cm³/mol. The number of rotatable bonds is 8. The molecular formula is C23H27FN2O2. The van der Waals surface area contributed by atoms with Crippen LogP contribution in [0, 0.1) is 5.82 Å². The molecule has 1 saturated heterocycles. The lowest BCUT2D eigenvalue weighted by molar-refractivity contribution is -0.133. The molecule has 1 aliphatic rings. The van der Waals surface area contributed by atoms with Gasteiger partial charge in [-0.15, -0.1) is 6.58 Å². The van der Waals surface area contributed by atoms with Crippen molar-refractivity contribution >= 4 is 5.91 Å². The van der Waals surface area contributed by atoms with E-state index in [2.05, 4.69) is 6.58 Å². The smallest absolute Gasteiger partial charge is 0.240 e. The fourth-order valence-corrected chi connectivity index (χ4v) is 3.64. The first-order chi connectivity index (χ1) is 13.6. The molecule has 2 aromatic carbocycles. The molecule has 1 heterocycles. The largest absolute Gasteiger partial charge is 0.372 e. The molecule has 2 N–H and O–H groups in total. The molecule has 28 heavy (non-hydrogen) atoms. The highest BCUT2D eigenvalue weighted by molar-refractivity contribution is 5.82. The summed E-state index contributed by atoms with van der Waals surface area (Å²) >= 11 is 0. The van der Waals surface area contributed by atoms with E-state index >= 15 is 0 Å². The van der Waals surface area contributed by atoms with Gasteiger partial charge in [-0.3, -0.25) is 4.79 Å². The fraction of sp³-hybridized carbons (Fsp3) is 0.348. The Labute approximate surface area is 165 Å². The van der Waals surface area contributed by atoms with Crippen LogP contribution < -0.4 is 5.73 Å². The fourth-order valence-electron chi connectivity index (χ4n) is 3.64. The van der Waals surface area contributed by atoms with Crippen molar-refractivity contribution in [1.82, 2.24) is 4.90 Å². The van der Waals surface area contributed by atoms with Crippen molar-refractivity contribution in [3.8, 4) is 0 Å². The summed E-state index contributed by atoms with van der Waals surface area (Å²) in [4.78, 5) is 14.8. The van der Waals surface area contributed by atoms with Gasteiger partial charge in [-0.1, -0.05) is 48.5 Å². The number of ether oxygens (including phenoxy) is 1. The molecule has 0 radical (unpaired) electrons. The summed E-state index contributed by atoms with van der Waals surface area (Å²) < 4.78 is 19.1. The standard InChI is InChI=1S/C23H27FN2O2/c1-2-6-20-14-21(28-16-18-7-4-3-5-8-18)15-26(20)23(27)22(25)13-17-9-11-19(24)12-10-17/h2-5,7-12,20-22H,1,6,13-16,25H2. The van der Waals surface area contributed by atoms with Crippen LogP contribution in [0.2, 0.25) is 0 Å². The summed E-state index contributed by atoms with van der Waals surface area (Å²) in [6.07, 6.45) is 3.67. The number of carbonyl (C=O) groups excluding carboxylic acids is 1. The maximum atomic E-state index is 13.1. The van der Waals surface area contributed by atoms with Crippen molar-refractivity contribution in [2.45, 2.75) is 44.1 Å². The van der Waals surface area contributed by atoms with Gasteiger partial charge in [0.25, 0.3) is 0 Å². The van der Waals surface area contributed by atoms with E-state index in [1.807, 2.05) is 41.3 Å². The third-order valence-electron chi connectivity index (χ3n) is 5.11. The minimum Gasteiger partial charge on any atom is -0.372 e. The monoisotopic (exact) mass is 382 g/mol. The van der Waals surface area contributed by atoms with Gasteiger partial charge in [-0.2, -0.15) is 0 Å². The highest BCUT2D eigenvalue weighted by Gasteiger charge is 2.36. The average Bonchev–Trinajstić information content (AvgIpc) is 3.11. The van der Waals surface area contributed by atoms with Crippen molar-refractivity contribution < 1.29 is 13.9 Å². The molecule has 4 nitrogen and oxygen atoms in total. The van der Waals surface area contributed by atoms with Crippen molar-refractivity contribution in [3.05, 3.63) is 84.2 Å². The minimum absolute atomic E-state index is 0.0212. The molecule has 0 saturated carbocycles. The Morgan fingerprint density at radius 2 is 1.93 bits per heavy atom. The van der Waals surface area contributed by atoms with E-state index in [1.165, 1.54) is 12.1 Å². The molecule has 1 amide bonds. The van der Waals surface area contributed by atoms with Gasteiger partial charge in [0.2, 0.25) is 5.91 Å². The maximum Gasteiger partial charge on any atom is 0.240 e. The van der Waals surface area contributed by atoms with Gasteiger partial charge in [0.05, 0.1) is 18.8 Å². The van der Waals surface area contributed by atoms with Crippen LogP contribution in [0.5, 0.6) is 0 Å². The zero-order valence-electron chi connectivity index (χ0n) is 16.0. The van der Waals surface area contributed by atoms with Gasteiger partial charge < -0.3 is 15.4 Å². The maximum absolute atomic E-state index is 13.1. The van der Waals surface area contributed by atoms with Crippen molar-refractivity contribution in [2.24, 2.45) is 5.73 Å². The Kier molecular flexibility index (Phi) is 6.95. The predicted octanol–water partition coefficient (Wildman–Crippen LogP) is 3.46. The molecule has 0 bridgehead atoms. The quantitative estimate of drug-likeness (QED) is 0.712. The van der Waals surface area contributed by atoms with Gasteiger partial charge in [0.15, 0.2) is 0 Å². The Balaban J connectivity index is 1.60. The van der Waals surface area contributed by atoms with E-state index in [-0.39, 0.29) is 23.9 Å². The summed E-state index contributed by atoms with van der Waals surface area (Å²) in [5.41, 5.74) is 8.14. The van der Waals surface area contributed by atoms with Crippen LogP contribution in [-0.2, 0) is 22.6 Å². The number of hydrogen-bond donors (Lipinski definition) is 1. The van der Waals surface area contributed by atoms with Crippen molar-refractivity contribution in [1.29, 1.82) is 0 Å². The van der Waals surface area contributed by atoms with Gasteiger partial charge in [0.1, 0.15) is 5.82 Å². The first kappa shape index (κ1) is 20.2. The van der Waals surface area contributed by atoms with Crippen molar-refractivity contribution in [3.63, 3.8) is 0 Å². The first-order valence-corrected chi connectivity index (χ1v) is 9.63. The third-order valence-corrected chi connectivity index (χ3v) is 5.11. The molecule has 0 aromatic heterocycles. The molecule has 3 rings (SSSR count). The number of nitrogens with two attached hydrogens (primary N) is 1. The number of carbonyl (C=O) groups is 1. The van der Waals surface area contributed by atoms with E-state index in [0.717, 1.165) is 17.5 Å². The highest BCUT2D eigenvalue weighted by Crippen LogP contribution is 2.25. The zero-order chi connectivity index (χ0) is 19.9. The molecule has 1 fully saturated rings. The Hall–Kier alpha value is -2.50. The second-order valence-electron chi connectivity index (χ2n) is 7.26. The van der Waals surface area contributed by atoms with Gasteiger partial charge in [-0.25, -0.2) is 4.39 Å². The number of likely N-dealkylation sites (tertiary alicyclic amines) is 1. The van der Waals surface area contributed by atoms with Gasteiger partial charge in [-0.05, 0) is 42.5 Å². The van der Waals surface area contributed by atoms with Gasteiger partial charge in [0, 0.05) is 12.6 Å². The van der Waals surface area contributed by atoms with E-state index in [1.54, 1.807) is 12.1 Å².